The van der Waals surface area contributed by atoms with Gasteiger partial charge in [0.05, 0.1) is 0 Å². The van der Waals surface area contributed by atoms with Gasteiger partial charge < -0.3 is 10.3 Å². The molecule has 1 aromatic heterocycles. The van der Waals surface area contributed by atoms with Crippen molar-refractivity contribution >= 4 is 10.9 Å². The number of nitrogens with one attached hydrogen (secondary N) is 2. The van der Waals surface area contributed by atoms with E-state index in [2.05, 4.69) is 41.5 Å². The van der Waals surface area contributed by atoms with Gasteiger partial charge in [0.25, 0.3) is 0 Å². The van der Waals surface area contributed by atoms with Crippen molar-refractivity contribution in [1.82, 2.24) is 10.3 Å². The lowest BCUT2D eigenvalue weighted by Crippen LogP contribution is -2.28. The Bertz CT molecular complexity index is 507. The van der Waals surface area contributed by atoms with E-state index in [1.807, 2.05) is 0 Å². The Balaban J connectivity index is 1.95. The van der Waals surface area contributed by atoms with Crippen LogP contribution in [0.2, 0.25) is 0 Å². The molecule has 2 aromatic rings. The van der Waals surface area contributed by atoms with E-state index in [-0.39, 0.29) is 0 Å². The minimum atomic E-state index is 0.668. The Kier molecular flexibility index (Phi) is 2.89. The number of aromatic nitrogens is 1. The zero-order valence-corrected chi connectivity index (χ0v) is 10.4. The largest absolute Gasteiger partial charge is 0.358 e. The maximum absolute atomic E-state index is 3.58. The second-order valence-corrected chi connectivity index (χ2v) is 5.04. The number of aromatic amines is 1. The molecule has 1 unspecified atom stereocenters. The summed E-state index contributed by atoms with van der Waals surface area (Å²) in [6.45, 7) is 4.50. The quantitative estimate of drug-likeness (QED) is 0.811. The van der Waals surface area contributed by atoms with E-state index < -0.39 is 0 Å². The number of rotatable bonds is 2. The first kappa shape index (κ1) is 10.8. The molecule has 1 aliphatic heterocycles. The number of aryl methyl sites for hydroxylation is 1. The van der Waals surface area contributed by atoms with Crippen LogP contribution < -0.4 is 5.32 Å². The van der Waals surface area contributed by atoms with E-state index in [0.29, 0.717) is 5.92 Å². The third kappa shape index (κ3) is 2.09. The highest BCUT2D eigenvalue weighted by Crippen LogP contribution is 2.26. The predicted octanol–water partition coefficient (Wildman–Crippen LogP) is 3.20. The van der Waals surface area contributed by atoms with Gasteiger partial charge in [-0.2, -0.15) is 0 Å². The first-order chi connectivity index (χ1) is 8.36. The molecule has 0 spiro atoms. The van der Waals surface area contributed by atoms with Crippen molar-refractivity contribution in [2.75, 3.05) is 13.1 Å². The molecule has 0 bridgehead atoms. The van der Waals surface area contributed by atoms with Gasteiger partial charge in [-0.05, 0) is 55.0 Å². The number of piperidine rings is 1. The van der Waals surface area contributed by atoms with Gasteiger partial charge in [0, 0.05) is 23.7 Å². The van der Waals surface area contributed by atoms with Crippen LogP contribution in [0.25, 0.3) is 10.9 Å². The number of fused-ring (bicyclic) bond motifs is 1. The first-order valence-electron chi connectivity index (χ1n) is 6.69. The SMILES string of the molecule is CCc1ccc2[nH]c(C3CCCNC3)cc2c1. The highest BCUT2D eigenvalue weighted by molar-refractivity contribution is 5.81. The van der Waals surface area contributed by atoms with Gasteiger partial charge in [-0.3, -0.25) is 0 Å². The molecule has 1 aliphatic rings. The van der Waals surface area contributed by atoms with Gasteiger partial charge in [-0.1, -0.05) is 13.0 Å². The molecule has 1 saturated heterocycles. The summed E-state index contributed by atoms with van der Waals surface area (Å²) in [6.07, 6.45) is 3.71. The topological polar surface area (TPSA) is 27.8 Å². The zero-order chi connectivity index (χ0) is 11.7. The molecule has 2 heteroatoms. The van der Waals surface area contributed by atoms with Crippen LogP contribution in [0.5, 0.6) is 0 Å². The van der Waals surface area contributed by atoms with Crippen molar-refractivity contribution in [3.05, 3.63) is 35.5 Å². The third-order valence-corrected chi connectivity index (χ3v) is 3.85. The van der Waals surface area contributed by atoms with E-state index in [1.165, 1.54) is 41.5 Å². The highest BCUT2D eigenvalue weighted by Gasteiger charge is 2.16. The second-order valence-electron chi connectivity index (χ2n) is 5.04. The number of hydrogen-bond donors (Lipinski definition) is 2. The molecule has 17 heavy (non-hydrogen) atoms. The summed E-state index contributed by atoms with van der Waals surface area (Å²) in [4.78, 5) is 3.58. The average molecular weight is 228 g/mol. The van der Waals surface area contributed by atoms with Crippen molar-refractivity contribution < 1.29 is 0 Å². The molecule has 3 rings (SSSR count). The molecule has 1 aromatic carbocycles. The fourth-order valence-electron chi connectivity index (χ4n) is 2.76. The standard InChI is InChI=1S/C15H20N2/c1-2-11-5-6-14-13(8-11)9-15(17-14)12-4-3-7-16-10-12/h5-6,8-9,12,16-17H,2-4,7,10H2,1H3. The van der Waals surface area contributed by atoms with Crippen molar-refractivity contribution in [1.29, 1.82) is 0 Å². The van der Waals surface area contributed by atoms with Gasteiger partial charge in [0.2, 0.25) is 0 Å². The summed E-state index contributed by atoms with van der Waals surface area (Å²) < 4.78 is 0. The first-order valence-corrected chi connectivity index (χ1v) is 6.69. The number of benzene rings is 1. The van der Waals surface area contributed by atoms with Crippen LogP contribution in [0, 0.1) is 0 Å². The van der Waals surface area contributed by atoms with E-state index in [0.717, 1.165) is 13.0 Å². The molecule has 0 saturated carbocycles. The predicted molar refractivity (Wildman–Crippen MR) is 72.5 cm³/mol. The smallest absolute Gasteiger partial charge is 0.0456 e. The highest BCUT2D eigenvalue weighted by atomic mass is 14.9. The Labute approximate surface area is 102 Å². The lowest BCUT2D eigenvalue weighted by Gasteiger charge is -2.21. The zero-order valence-electron chi connectivity index (χ0n) is 10.4. The van der Waals surface area contributed by atoms with Crippen LogP contribution in [-0.2, 0) is 6.42 Å². The Morgan fingerprint density at radius 2 is 2.24 bits per heavy atom. The van der Waals surface area contributed by atoms with Crippen LogP contribution in [-0.4, -0.2) is 18.1 Å². The van der Waals surface area contributed by atoms with Gasteiger partial charge in [-0.15, -0.1) is 0 Å². The summed E-state index contributed by atoms with van der Waals surface area (Å²) in [5.41, 5.74) is 4.10. The number of hydrogen-bond acceptors (Lipinski definition) is 1. The fraction of sp³-hybridized carbons (Fsp3) is 0.467. The molecular weight excluding hydrogens is 208 g/mol. The molecule has 90 valence electrons. The second kappa shape index (κ2) is 4.53. The summed E-state index contributed by atoms with van der Waals surface area (Å²) in [6, 6.07) is 9.09. The van der Waals surface area contributed by atoms with Crippen molar-refractivity contribution in [2.24, 2.45) is 0 Å². The summed E-state index contributed by atoms with van der Waals surface area (Å²) in [7, 11) is 0. The molecule has 2 nitrogen and oxygen atoms in total. The lowest BCUT2D eigenvalue weighted by atomic mass is 9.96. The maximum Gasteiger partial charge on any atom is 0.0456 e. The fourth-order valence-corrected chi connectivity index (χ4v) is 2.76. The molecule has 1 fully saturated rings. The van der Waals surface area contributed by atoms with E-state index in [9.17, 15) is 0 Å². The van der Waals surface area contributed by atoms with Crippen molar-refractivity contribution in [2.45, 2.75) is 32.1 Å². The van der Waals surface area contributed by atoms with E-state index in [1.54, 1.807) is 0 Å². The summed E-state index contributed by atoms with van der Waals surface area (Å²) in [5.74, 6) is 0.668. The monoisotopic (exact) mass is 228 g/mol. The van der Waals surface area contributed by atoms with Crippen LogP contribution >= 0.6 is 0 Å². The van der Waals surface area contributed by atoms with Crippen LogP contribution in [0.4, 0.5) is 0 Å². The van der Waals surface area contributed by atoms with Gasteiger partial charge in [0.1, 0.15) is 0 Å². The minimum absolute atomic E-state index is 0.668. The van der Waals surface area contributed by atoms with Gasteiger partial charge in [-0.25, -0.2) is 0 Å². The third-order valence-electron chi connectivity index (χ3n) is 3.85. The lowest BCUT2D eigenvalue weighted by molar-refractivity contribution is 0.456. The van der Waals surface area contributed by atoms with Gasteiger partial charge in [0.15, 0.2) is 0 Å². The van der Waals surface area contributed by atoms with Crippen molar-refractivity contribution in [3.63, 3.8) is 0 Å². The molecule has 2 heterocycles. The molecule has 0 radical (unpaired) electrons. The van der Waals surface area contributed by atoms with Crippen LogP contribution in [0.3, 0.4) is 0 Å². The Hall–Kier alpha value is -1.28. The maximum atomic E-state index is 3.58. The van der Waals surface area contributed by atoms with Gasteiger partial charge >= 0.3 is 0 Å². The molecule has 0 amide bonds. The normalized spacial score (nSPS) is 20.9. The van der Waals surface area contributed by atoms with Crippen LogP contribution in [0.1, 0.15) is 36.9 Å². The summed E-state index contributed by atoms with van der Waals surface area (Å²) in [5, 5.41) is 4.85. The number of H-pyrrole nitrogens is 1. The Morgan fingerprint density at radius 3 is 3.00 bits per heavy atom. The van der Waals surface area contributed by atoms with Crippen LogP contribution in [0.15, 0.2) is 24.3 Å². The molecule has 2 N–H and O–H groups in total. The van der Waals surface area contributed by atoms with Crippen molar-refractivity contribution in [3.8, 4) is 0 Å². The molecule has 0 aliphatic carbocycles. The summed E-state index contributed by atoms with van der Waals surface area (Å²) >= 11 is 0. The van der Waals surface area contributed by atoms with E-state index in [4.69, 9.17) is 0 Å². The average Bonchev–Trinajstić information content (AvgIpc) is 2.82. The van der Waals surface area contributed by atoms with E-state index >= 15 is 0 Å². The minimum Gasteiger partial charge on any atom is -0.358 e. The molecular formula is C15H20N2. The Morgan fingerprint density at radius 1 is 1.29 bits per heavy atom. The molecule has 1 atom stereocenters.